The number of hydrazone groups is 1. The molecule has 5 heteroatoms. The van der Waals surface area contributed by atoms with Gasteiger partial charge in [0.05, 0.1) is 24.6 Å². The number of hydrogen-bond donors (Lipinski definition) is 1. The highest BCUT2D eigenvalue weighted by molar-refractivity contribution is 5.90. The summed E-state index contributed by atoms with van der Waals surface area (Å²) in [6.45, 7) is 0.415. The van der Waals surface area contributed by atoms with Gasteiger partial charge in [-0.1, -0.05) is 18.2 Å². The Hall–Kier alpha value is -2.40. The van der Waals surface area contributed by atoms with Crippen molar-refractivity contribution in [3.05, 3.63) is 59.9 Å². The minimum absolute atomic E-state index is 0.0197. The van der Waals surface area contributed by atoms with E-state index in [1.807, 2.05) is 29.3 Å². The van der Waals surface area contributed by atoms with E-state index in [0.29, 0.717) is 6.54 Å². The summed E-state index contributed by atoms with van der Waals surface area (Å²) in [6.07, 6.45) is 0.735. The quantitative estimate of drug-likeness (QED) is 0.944. The molecule has 1 aliphatic heterocycles. The molecule has 22 heavy (non-hydrogen) atoms. The van der Waals surface area contributed by atoms with E-state index >= 15 is 0 Å². The molecule has 0 saturated heterocycles. The number of halogens is 1. The second kappa shape index (κ2) is 6.15. The van der Waals surface area contributed by atoms with Crippen molar-refractivity contribution in [1.82, 2.24) is 0 Å². The summed E-state index contributed by atoms with van der Waals surface area (Å²) < 4.78 is 18.4. The molecule has 0 aromatic heterocycles. The molecule has 0 spiro atoms. The molecule has 0 fully saturated rings. The van der Waals surface area contributed by atoms with Gasteiger partial charge in [0.25, 0.3) is 0 Å². The molecule has 3 rings (SSSR count). The summed E-state index contributed by atoms with van der Waals surface area (Å²) in [7, 11) is 1.63. The zero-order valence-electron chi connectivity index (χ0n) is 12.4. The van der Waals surface area contributed by atoms with Crippen LogP contribution >= 0.6 is 0 Å². The standard InChI is InChI=1S/C17H18FN3O/c1-22-16-4-2-3-15(10-16)21-17(9-14(11-19)20-21)12-5-7-13(18)8-6-12/h2-8,10,17H,9,11,19H2,1H3. The van der Waals surface area contributed by atoms with Crippen LogP contribution in [0.1, 0.15) is 18.0 Å². The van der Waals surface area contributed by atoms with Crippen LogP contribution in [0.3, 0.4) is 0 Å². The van der Waals surface area contributed by atoms with Crippen LogP contribution in [0.15, 0.2) is 53.6 Å². The highest BCUT2D eigenvalue weighted by Crippen LogP contribution is 2.36. The summed E-state index contributed by atoms with van der Waals surface area (Å²) in [5, 5.41) is 6.54. The van der Waals surface area contributed by atoms with Crippen LogP contribution in [-0.2, 0) is 0 Å². The number of rotatable bonds is 4. The number of hydrogen-bond acceptors (Lipinski definition) is 4. The third-order valence-electron chi connectivity index (χ3n) is 3.78. The van der Waals surface area contributed by atoms with Crippen molar-refractivity contribution in [3.63, 3.8) is 0 Å². The Morgan fingerprint density at radius 3 is 2.73 bits per heavy atom. The van der Waals surface area contributed by atoms with Crippen molar-refractivity contribution in [3.8, 4) is 5.75 Å². The van der Waals surface area contributed by atoms with Crippen LogP contribution in [-0.4, -0.2) is 19.4 Å². The van der Waals surface area contributed by atoms with Crippen LogP contribution in [0, 0.1) is 5.82 Å². The maximum absolute atomic E-state index is 13.2. The second-order valence-corrected chi connectivity index (χ2v) is 5.19. The van der Waals surface area contributed by atoms with Crippen molar-refractivity contribution in [2.45, 2.75) is 12.5 Å². The van der Waals surface area contributed by atoms with Gasteiger partial charge in [-0.3, -0.25) is 5.01 Å². The first-order valence-corrected chi connectivity index (χ1v) is 7.16. The summed E-state index contributed by atoms with van der Waals surface area (Å²) in [5.41, 5.74) is 8.62. The van der Waals surface area contributed by atoms with Gasteiger partial charge in [-0.15, -0.1) is 0 Å². The van der Waals surface area contributed by atoms with E-state index in [-0.39, 0.29) is 11.9 Å². The largest absolute Gasteiger partial charge is 0.497 e. The third-order valence-corrected chi connectivity index (χ3v) is 3.78. The van der Waals surface area contributed by atoms with Crippen molar-refractivity contribution < 1.29 is 9.13 Å². The average Bonchev–Trinajstić information content (AvgIpc) is 3.00. The zero-order valence-corrected chi connectivity index (χ0v) is 12.4. The summed E-state index contributed by atoms with van der Waals surface area (Å²) in [5.74, 6) is 0.529. The SMILES string of the molecule is COc1cccc(N2N=C(CN)CC2c2ccc(F)cc2)c1. The Kier molecular flexibility index (Phi) is 4.06. The molecule has 1 aliphatic rings. The lowest BCUT2D eigenvalue weighted by Crippen LogP contribution is -2.18. The first-order chi connectivity index (χ1) is 10.7. The minimum atomic E-state index is -0.241. The van der Waals surface area contributed by atoms with E-state index in [4.69, 9.17) is 10.5 Å². The van der Waals surface area contributed by atoms with Crippen LogP contribution < -0.4 is 15.5 Å². The molecule has 2 aromatic rings. The van der Waals surface area contributed by atoms with Crippen LogP contribution in [0.2, 0.25) is 0 Å². The fraction of sp³-hybridized carbons (Fsp3) is 0.235. The summed E-state index contributed by atoms with van der Waals surface area (Å²) in [6, 6.07) is 14.3. The Bertz CT molecular complexity index is 685. The molecule has 1 heterocycles. The molecular weight excluding hydrogens is 281 g/mol. The van der Waals surface area contributed by atoms with E-state index in [0.717, 1.165) is 29.1 Å². The van der Waals surface area contributed by atoms with Gasteiger partial charge in [0.2, 0.25) is 0 Å². The van der Waals surface area contributed by atoms with Crippen molar-refractivity contribution >= 4 is 11.4 Å². The lowest BCUT2D eigenvalue weighted by Gasteiger charge is -2.24. The molecule has 4 nitrogen and oxygen atoms in total. The molecule has 2 N–H and O–H groups in total. The normalized spacial score (nSPS) is 17.5. The van der Waals surface area contributed by atoms with Crippen molar-refractivity contribution in [1.29, 1.82) is 0 Å². The van der Waals surface area contributed by atoms with E-state index in [2.05, 4.69) is 5.10 Å². The van der Waals surface area contributed by atoms with E-state index in [1.54, 1.807) is 19.2 Å². The predicted octanol–water partition coefficient (Wildman–Crippen LogP) is 3.10. The van der Waals surface area contributed by atoms with Gasteiger partial charge in [-0.2, -0.15) is 5.10 Å². The fourth-order valence-corrected chi connectivity index (χ4v) is 2.63. The molecule has 0 radical (unpaired) electrons. The van der Waals surface area contributed by atoms with E-state index in [9.17, 15) is 4.39 Å². The average molecular weight is 299 g/mol. The Morgan fingerprint density at radius 1 is 1.27 bits per heavy atom. The monoisotopic (exact) mass is 299 g/mol. The highest BCUT2D eigenvalue weighted by Gasteiger charge is 2.28. The van der Waals surface area contributed by atoms with Crippen LogP contribution in [0.25, 0.3) is 0 Å². The first kappa shape index (κ1) is 14.5. The Balaban J connectivity index is 1.97. The van der Waals surface area contributed by atoms with Gasteiger partial charge in [0, 0.05) is 19.0 Å². The maximum atomic E-state index is 13.2. The van der Waals surface area contributed by atoms with Crippen molar-refractivity contribution in [2.75, 3.05) is 18.7 Å². The number of anilines is 1. The van der Waals surface area contributed by atoms with E-state index < -0.39 is 0 Å². The second-order valence-electron chi connectivity index (χ2n) is 5.19. The minimum Gasteiger partial charge on any atom is -0.497 e. The topological polar surface area (TPSA) is 50.8 Å². The third kappa shape index (κ3) is 2.80. The first-order valence-electron chi connectivity index (χ1n) is 7.16. The molecular formula is C17H18FN3O. The van der Waals surface area contributed by atoms with Crippen molar-refractivity contribution in [2.24, 2.45) is 10.8 Å². The highest BCUT2D eigenvalue weighted by atomic mass is 19.1. The molecule has 0 aliphatic carbocycles. The zero-order chi connectivity index (χ0) is 15.5. The lowest BCUT2D eigenvalue weighted by molar-refractivity contribution is 0.414. The number of benzene rings is 2. The van der Waals surface area contributed by atoms with Gasteiger partial charge in [-0.25, -0.2) is 4.39 Å². The lowest BCUT2D eigenvalue weighted by atomic mass is 10.0. The number of ether oxygens (including phenoxy) is 1. The van der Waals surface area contributed by atoms with E-state index in [1.165, 1.54) is 12.1 Å². The Labute approximate surface area is 129 Å². The molecule has 1 atom stereocenters. The van der Waals surface area contributed by atoms with Gasteiger partial charge >= 0.3 is 0 Å². The Morgan fingerprint density at radius 2 is 2.05 bits per heavy atom. The maximum Gasteiger partial charge on any atom is 0.123 e. The fourth-order valence-electron chi connectivity index (χ4n) is 2.63. The van der Waals surface area contributed by atoms with Gasteiger partial charge in [0.15, 0.2) is 0 Å². The van der Waals surface area contributed by atoms with Gasteiger partial charge in [0.1, 0.15) is 11.6 Å². The molecule has 0 bridgehead atoms. The van der Waals surface area contributed by atoms with Gasteiger partial charge < -0.3 is 10.5 Å². The molecule has 2 aromatic carbocycles. The van der Waals surface area contributed by atoms with Gasteiger partial charge in [-0.05, 0) is 29.8 Å². The molecule has 0 amide bonds. The molecule has 0 saturated carbocycles. The number of methoxy groups -OCH3 is 1. The van der Waals surface area contributed by atoms with Crippen LogP contribution in [0.5, 0.6) is 5.75 Å². The number of nitrogens with two attached hydrogens (primary N) is 1. The summed E-state index contributed by atoms with van der Waals surface area (Å²) in [4.78, 5) is 0. The molecule has 1 unspecified atom stereocenters. The number of nitrogens with zero attached hydrogens (tertiary/aromatic N) is 2. The van der Waals surface area contributed by atoms with Crippen LogP contribution in [0.4, 0.5) is 10.1 Å². The summed E-state index contributed by atoms with van der Waals surface area (Å²) >= 11 is 0. The molecule has 114 valence electrons. The smallest absolute Gasteiger partial charge is 0.123 e. The predicted molar refractivity (Wildman–Crippen MR) is 85.7 cm³/mol.